The molecule has 1 amide bonds. The van der Waals surface area contributed by atoms with Crippen molar-refractivity contribution in [1.82, 2.24) is 20.0 Å². The van der Waals surface area contributed by atoms with Crippen LogP contribution in [0, 0.1) is 20.8 Å². The lowest BCUT2D eigenvalue weighted by Gasteiger charge is -2.32. The lowest BCUT2D eigenvalue weighted by Crippen LogP contribution is -2.43. The summed E-state index contributed by atoms with van der Waals surface area (Å²) in [6, 6.07) is 1.91. The molecule has 0 radical (unpaired) electrons. The van der Waals surface area contributed by atoms with Gasteiger partial charge in [-0.25, -0.2) is 9.97 Å². The molecule has 3 heterocycles. The van der Waals surface area contributed by atoms with E-state index in [-0.39, 0.29) is 12.0 Å². The van der Waals surface area contributed by atoms with E-state index in [4.69, 9.17) is 9.26 Å². The highest BCUT2D eigenvalue weighted by Crippen LogP contribution is 2.24. The van der Waals surface area contributed by atoms with Gasteiger partial charge in [0.15, 0.2) is 0 Å². The molecule has 0 unspecified atom stereocenters. The highest BCUT2D eigenvalue weighted by molar-refractivity contribution is 5.96. The van der Waals surface area contributed by atoms with Gasteiger partial charge < -0.3 is 14.2 Å². The van der Waals surface area contributed by atoms with E-state index in [0.717, 1.165) is 11.4 Å². The van der Waals surface area contributed by atoms with Crippen LogP contribution in [0.1, 0.15) is 52.1 Å². The molecule has 1 aliphatic rings. The van der Waals surface area contributed by atoms with Crippen LogP contribution in [0.25, 0.3) is 0 Å². The van der Waals surface area contributed by atoms with E-state index >= 15 is 0 Å². The first-order valence-electron chi connectivity index (χ1n) is 8.17. The Morgan fingerprint density at radius 3 is 2.83 bits per heavy atom. The zero-order chi connectivity index (χ0) is 17.3. The van der Waals surface area contributed by atoms with Crippen LogP contribution < -0.4 is 0 Å². The Kier molecular flexibility index (Phi) is 4.62. The minimum Gasteiger partial charge on any atom is -0.368 e. The third-order valence-corrected chi connectivity index (χ3v) is 4.15. The molecule has 0 saturated carbocycles. The van der Waals surface area contributed by atoms with Gasteiger partial charge in [0, 0.05) is 12.2 Å². The van der Waals surface area contributed by atoms with Crippen LogP contribution in [0.3, 0.4) is 0 Å². The molecule has 2 aromatic rings. The van der Waals surface area contributed by atoms with Crippen molar-refractivity contribution in [2.45, 2.75) is 40.2 Å². The molecule has 0 aromatic carbocycles. The predicted molar refractivity (Wildman–Crippen MR) is 86.7 cm³/mol. The molecule has 0 spiro atoms. The molecule has 7 heteroatoms. The van der Waals surface area contributed by atoms with E-state index in [0.29, 0.717) is 49.0 Å². The Morgan fingerprint density at radius 1 is 1.33 bits per heavy atom. The second-order valence-electron chi connectivity index (χ2n) is 6.01. The number of hydrogen-bond acceptors (Lipinski definition) is 6. The van der Waals surface area contributed by atoms with E-state index in [2.05, 4.69) is 15.1 Å². The molecule has 1 atom stereocenters. The highest BCUT2D eigenvalue weighted by Gasteiger charge is 2.30. The van der Waals surface area contributed by atoms with Gasteiger partial charge in [-0.1, -0.05) is 12.1 Å². The fourth-order valence-electron chi connectivity index (χ4n) is 3.01. The first kappa shape index (κ1) is 16.6. The molecule has 0 bridgehead atoms. The zero-order valence-corrected chi connectivity index (χ0v) is 14.5. The summed E-state index contributed by atoms with van der Waals surface area (Å²) in [5.41, 5.74) is 2.99. The van der Waals surface area contributed by atoms with Crippen LogP contribution in [-0.2, 0) is 11.2 Å². The van der Waals surface area contributed by atoms with E-state index in [1.165, 1.54) is 0 Å². The van der Waals surface area contributed by atoms with Crippen molar-refractivity contribution in [2.24, 2.45) is 0 Å². The molecule has 2 aromatic heterocycles. The first-order valence-corrected chi connectivity index (χ1v) is 8.17. The summed E-state index contributed by atoms with van der Waals surface area (Å²) >= 11 is 0. The maximum atomic E-state index is 12.9. The van der Waals surface area contributed by atoms with Crippen molar-refractivity contribution in [3.63, 3.8) is 0 Å². The van der Waals surface area contributed by atoms with Gasteiger partial charge in [-0.2, -0.15) is 0 Å². The van der Waals surface area contributed by atoms with Crippen molar-refractivity contribution in [1.29, 1.82) is 0 Å². The number of morpholine rings is 1. The Morgan fingerprint density at radius 2 is 2.12 bits per heavy atom. The monoisotopic (exact) mass is 330 g/mol. The number of carbonyl (C=O) groups excluding carboxylic acids is 1. The summed E-state index contributed by atoms with van der Waals surface area (Å²) in [7, 11) is 0. The van der Waals surface area contributed by atoms with E-state index in [9.17, 15) is 4.79 Å². The molecular weight excluding hydrogens is 308 g/mol. The first-order chi connectivity index (χ1) is 11.5. The molecule has 1 saturated heterocycles. The normalized spacial score (nSPS) is 18.0. The predicted octanol–water partition coefficient (Wildman–Crippen LogP) is 2.17. The number of carbonyl (C=O) groups is 1. The number of aryl methyl sites for hydroxylation is 4. The number of hydrogen-bond donors (Lipinski definition) is 0. The van der Waals surface area contributed by atoms with Crippen molar-refractivity contribution >= 4 is 5.91 Å². The molecule has 7 nitrogen and oxygen atoms in total. The van der Waals surface area contributed by atoms with Crippen LogP contribution in [0.2, 0.25) is 0 Å². The number of ether oxygens (including phenoxy) is 1. The van der Waals surface area contributed by atoms with Crippen molar-refractivity contribution in [2.75, 3.05) is 19.7 Å². The van der Waals surface area contributed by atoms with Gasteiger partial charge in [0.1, 0.15) is 23.3 Å². The second kappa shape index (κ2) is 6.68. The van der Waals surface area contributed by atoms with E-state index in [1.54, 1.807) is 11.8 Å². The molecule has 1 aliphatic heterocycles. The smallest absolute Gasteiger partial charge is 0.259 e. The van der Waals surface area contributed by atoms with Crippen LogP contribution in [-0.4, -0.2) is 45.6 Å². The summed E-state index contributed by atoms with van der Waals surface area (Å²) in [5, 5.41) is 3.98. The third-order valence-electron chi connectivity index (χ3n) is 4.15. The molecule has 0 N–H and O–H groups in total. The molecule has 3 rings (SSSR count). The largest absolute Gasteiger partial charge is 0.368 e. The summed E-state index contributed by atoms with van der Waals surface area (Å²) in [6.07, 6.45) is 0.421. The molecule has 24 heavy (non-hydrogen) atoms. The molecular formula is C17H22N4O3. The van der Waals surface area contributed by atoms with Gasteiger partial charge in [-0.3, -0.25) is 4.79 Å². The van der Waals surface area contributed by atoms with Gasteiger partial charge in [0.2, 0.25) is 0 Å². The molecule has 128 valence electrons. The average Bonchev–Trinajstić information content (AvgIpc) is 2.94. The van der Waals surface area contributed by atoms with Crippen molar-refractivity contribution in [3.8, 4) is 0 Å². The number of amides is 1. The minimum atomic E-state index is -0.242. The third kappa shape index (κ3) is 3.17. The maximum Gasteiger partial charge on any atom is 0.259 e. The van der Waals surface area contributed by atoms with Crippen molar-refractivity contribution < 1.29 is 14.1 Å². The van der Waals surface area contributed by atoms with Gasteiger partial charge in [-0.15, -0.1) is 0 Å². The quantitative estimate of drug-likeness (QED) is 0.858. The summed E-state index contributed by atoms with van der Waals surface area (Å²) in [6.45, 7) is 9.00. The summed E-state index contributed by atoms with van der Waals surface area (Å²) in [4.78, 5) is 23.5. The topological polar surface area (TPSA) is 81.4 Å². The number of aromatic nitrogens is 3. The van der Waals surface area contributed by atoms with Gasteiger partial charge in [0.05, 0.1) is 24.5 Å². The Balaban J connectivity index is 1.82. The van der Waals surface area contributed by atoms with Crippen molar-refractivity contribution in [3.05, 3.63) is 40.3 Å². The second-order valence-corrected chi connectivity index (χ2v) is 6.01. The number of rotatable bonds is 3. The average molecular weight is 330 g/mol. The summed E-state index contributed by atoms with van der Waals surface area (Å²) < 4.78 is 11.0. The Bertz CT molecular complexity index is 736. The van der Waals surface area contributed by atoms with E-state index < -0.39 is 0 Å². The van der Waals surface area contributed by atoms with Gasteiger partial charge in [0.25, 0.3) is 5.91 Å². The lowest BCUT2D eigenvalue weighted by atomic mass is 10.1. The van der Waals surface area contributed by atoms with Gasteiger partial charge >= 0.3 is 0 Å². The molecule has 0 aliphatic carbocycles. The van der Waals surface area contributed by atoms with Gasteiger partial charge in [-0.05, 0) is 33.3 Å². The van der Waals surface area contributed by atoms with Crippen LogP contribution in [0.4, 0.5) is 0 Å². The fourth-order valence-corrected chi connectivity index (χ4v) is 3.01. The van der Waals surface area contributed by atoms with E-state index in [1.807, 2.05) is 26.8 Å². The maximum absolute atomic E-state index is 12.9. The molecule has 1 fully saturated rings. The van der Waals surface area contributed by atoms with Crippen LogP contribution in [0.15, 0.2) is 10.6 Å². The Hall–Kier alpha value is -2.28. The summed E-state index contributed by atoms with van der Waals surface area (Å²) in [5.74, 6) is 1.22. The minimum absolute atomic E-state index is 0.0543. The SMILES string of the molecule is CCc1noc(C)c1C(=O)N1CCO[C@H](c2cc(C)nc(C)n2)C1. The Labute approximate surface area is 141 Å². The van der Waals surface area contributed by atoms with Crippen LogP contribution >= 0.6 is 0 Å². The fraction of sp³-hybridized carbons (Fsp3) is 0.529. The van der Waals surface area contributed by atoms with Crippen LogP contribution in [0.5, 0.6) is 0 Å². The lowest BCUT2D eigenvalue weighted by molar-refractivity contribution is -0.0249. The highest BCUT2D eigenvalue weighted by atomic mass is 16.5. The standard InChI is InChI=1S/C17H22N4O3/c1-5-13-16(11(3)24-20-13)17(22)21-6-7-23-15(9-21)14-8-10(2)18-12(4)19-14/h8,15H,5-7,9H2,1-4H3/t15-/m0/s1. The zero-order valence-electron chi connectivity index (χ0n) is 14.5. The number of nitrogens with zero attached hydrogens (tertiary/aromatic N) is 4.